The van der Waals surface area contributed by atoms with Crippen LogP contribution in [-0.2, 0) is 4.79 Å². The third kappa shape index (κ3) is 5.30. The number of nitrogens with one attached hydrogen (secondary N) is 1. The van der Waals surface area contributed by atoms with Crippen LogP contribution < -0.4 is 10.1 Å². The van der Waals surface area contributed by atoms with Gasteiger partial charge >= 0.3 is 0 Å². The Kier molecular flexibility index (Phi) is 5.64. The third-order valence-corrected chi connectivity index (χ3v) is 2.26. The minimum Gasteiger partial charge on any atom is -0.484 e. The number of hydrogen-bond donors (Lipinski definition) is 1. The minimum absolute atomic E-state index is 0.0311. The molecule has 1 rings (SSSR count). The molecule has 0 radical (unpaired) electrons. The Morgan fingerprint density at radius 2 is 2.06 bits per heavy atom. The van der Waals surface area contributed by atoms with E-state index in [0.717, 1.165) is 18.3 Å². The van der Waals surface area contributed by atoms with Crippen LogP contribution in [-0.4, -0.2) is 25.3 Å². The summed E-state index contributed by atoms with van der Waals surface area (Å²) < 4.78 is 5.27. The van der Waals surface area contributed by atoms with E-state index in [1.807, 2.05) is 6.92 Å². The van der Waals surface area contributed by atoms with Crippen LogP contribution in [0.15, 0.2) is 36.4 Å². The van der Waals surface area contributed by atoms with Crippen molar-refractivity contribution in [3.63, 3.8) is 0 Å². The van der Waals surface area contributed by atoms with Crippen molar-refractivity contribution in [3.8, 4) is 5.75 Å². The van der Waals surface area contributed by atoms with Gasteiger partial charge in [0.1, 0.15) is 12.0 Å². The molecule has 1 aromatic carbocycles. The van der Waals surface area contributed by atoms with E-state index in [1.165, 1.54) is 0 Å². The van der Waals surface area contributed by atoms with Gasteiger partial charge < -0.3 is 10.1 Å². The Bertz CT molecular complexity index is 423. The number of carbonyl (C=O) groups excluding carboxylic acids is 2. The number of hydrogen-bond acceptors (Lipinski definition) is 3. The maximum Gasteiger partial charge on any atom is 0.257 e. The molecule has 0 unspecified atom stereocenters. The van der Waals surface area contributed by atoms with Gasteiger partial charge in [0.2, 0.25) is 0 Å². The van der Waals surface area contributed by atoms with Crippen LogP contribution in [0.4, 0.5) is 0 Å². The van der Waals surface area contributed by atoms with Gasteiger partial charge in [-0.1, -0.05) is 5.57 Å². The molecule has 0 aromatic heterocycles. The van der Waals surface area contributed by atoms with Crippen molar-refractivity contribution < 1.29 is 14.3 Å². The predicted molar refractivity (Wildman–Crippen MR) is 69.8 cm³/mol. The van der Waals surface area contributed by atoms with Crippen LogP contribution in [0, 0.1) is 0 Å². The molecular weight excluding hydrogens is 230 g/mol. The second kappa shape index (κ2) is 7.27. The Balaban J connectivity index is 2.28. The summed E-state index contributed by atoms with van der Waals surface area (Å²) in [5.74, 6) is 0.395. The van der Waals surface area contributed by atoms with E-state index in [4.69, 9.17) is 4.74 Å². The molecule has 0 aliphatic heterocycles. The average molecular weight is 247 g/mol. The number of amides is 1. The lowest BCUT2D eigenvalue weighted by molar-refractivity contribution is -0.123. The van der Waals surface area contributed by atoms with Crippen molar-refractivity contribution in [2.45, 2.75) is 13.3 Å². The molecule has 1 N–H and O–H groups in total. The molecule has 0 saturated heterocycles. The van der Waals surface area contributed by atoms with Gasteiger partial charge in [-0.25, -0.2) is 0 Å². The zero-order chi connectivity index (χ0) is 13.4. The monoisotopic (exact) mass is 247 g/mol. The van der Waals surface area contributed by atoms with Crippen molar-refractivity contribution in [3.05, 3.63) is 42.0 Å². The molecule has 0 fully saturated rings. The quantitative estimate of drug-likeness (QED) is 0.592. The lowest BCUT2D eigenvalue weighted by atomic mass is 10.2. The van der Waals surface area contributed by atoms with E-state index < -0.39 is 0 Å². The van der Waals surface area contributed by atoms with E-state index in [1.54, 1.807) is 24.3 Å². The normalized spacial score (nSPS) is 9.61. The van der Waals surface area contributed by atoms with Crippen LogP contribution in [0.3, 0.4) is 0 Å². The van der Waals surface area contributed by atoms with Crippen molar-refractivity contribution >= 4 is 12.2 Å². The van der Waals surface area contributed by atoms with Gasteiger partial charge in [0.05, 0.1) is 0 Å². The highest BCUT2D eigenvalue weighted by Crippen LogP contribution is 2.10. The zero-order valence-corrected chi connectivity index (χ0v) is 10.4. The van der Waals surface area contributed by atoms with Crippen LogP contribution >= 0.6 is 0 Å². The fourth-order valence-electron chi connectivity index (χ4n) is 1.26. The Hall–Kier alpha value is -2.10. The fraction of sp³-hybridized carbons (Fsp3) is 0.286. The molecule has 4 nitrogen and oxygen atoms in total. The van der Waals surface area contributed by atoms with E-state index in [9.17, 15) is 9.59 Å². The summed E-state index contributed by atoms with van der Waals surface area (Å²) in [5, 5.41) is 2.73. The van der Waals surface area contributed by atoms with Crippen molar-refractivity contribution in [1.29, 1.82) is 0 Å². The van der Waals surface area contributed by atoms with Crippen LogP contribution in [0.2, 0.25) is 0 Å². The number of carbonyl (C=O) groups is 2. The summed E-state index contributed by atoms with van der Waals surface area (Å²) in [6.45, 7) is 6.20. The summed E-state index contributed by atoms with van der Waals surface area (Å²) in [6.07, 6.45) is 1.52. The highest BCUT2D eigenvalue weighted by atomic mass is 16.5. The summed E-state index contributed by atoms with van der Waals surface area (Å²) in [4.78, 5) is 21.8. The molecule has 0 saturated carbocycles. The van der Waals surface area contributed by atoms with E-state index in [2.05, 4.69) is 11.9 Å². The van der Waals surface area contributed by atoms with Crippen LogP contribution in [0.25, 0.3) is 0 Å². The zero-order valence-electron chi connectivity index (χ0n) is 10.4. The fourth-order valence-corrected chi connectivity index (χ4v) is 1.26. The Labute approximate surface area is 107 Å². The first kappa shape index (κ1) is 14.0. The second-order valence-corrected chi connectivity index (χ2v) is 4.03. The number of aldehydes is 1. The lowest BCUT2D eigenvalue weighted by Crippen LogP contribution is -2.29. The molecule has 0 aliphatic rings. The molecular formula is C14H17NO3. The first-order chi connectivity index (χ1) is 8.61. The van der Waals surface area contributed by atoms with Crippen molar-refractivity contribution in [1.82, 2.24) is 5.32 Å². The summed E-state index contributed by atoms with van der Waals surface area (Å²) in [5.41, 5.74) is 1.61. The molecule has 1 amide bonds. The summed E-state index contributed by atoms with van der Waals surface area (Å²) >= 11 is 0. The molecule has 0 heterocycles. The summed E-state index contributed by atoms with van der Waals surface area (Å²) in [6, 6.07) is 6.60. The van der Waals surface area contributed by atoms with Crippen LogP contribution in [0.5, 0.6) is 5.75 Å². The van der Waals surface area contributed by atoms with E-state index in [-0.39, 0.29) is 12.5 Å². The lowest BCUT2D eigenvalue weighted by Gasteiger charge is -2.07. The van der Waals surface area contributed by atoms with Gasteiger partial charge in [-0.15, -0.1) is 6.58 Å². The van der Waals surface area contributed by atoms with Gasteiger partial charge in [0, 0.05) is 12.1 Å². The topological polar surface area (TPSA) is 55.4 Å². The van der Waals surface area contributed by atoms with Crippen molar-refractivity contribution in [2.24, 2.45) is 0 Å². The van der Waals surface area contributed by atoms with E-state index in [0.29, 0.717) is 17.9 Å². The van der Waals surface area contributed by atoms with Gasteiger partial charge in [-0.05, 0) is 37.6 Å². The number of benzene rings is 1. The number of rotatable bonds is 7. The second-order valence-electron chi connectivity index (χ2n) is 4.03. The first-order valence-electron chi connectivity index (χ1n) is 5.71. The Morgan fingerprint density at radius 3 is 2.61 bits per heavy atom. The first-order valence-corrected chi connectivity index (χ1v) is 5.71. The standard InChI is InChI=1S/C14H17NO3/c1-11(2)7-8-15-14(17)10-18-13-5-3-12(9-16)4-6-13/h3-6,9H,1,7-8,10H2,2H3,(H,15,17). The SMILES string of the molecule is C=C(C)CCNC(=O)COc1ccc(C=O)cc1. The highest BCUT2D eigenvalue weighted by molar-refractivity contribution is 5.77. The molecule has 18 heavy (non-hydrogen) atoms. The smallest absolute Gasteiger partial charge is 0.257 e. The molecule has 1 aromatic rings. The van der Waals surface area contributed by atoms with E-state index >= 15 is 0 Å². The maximum atomic E-state index is 11.4. The van der Waals surface area contributed by atoms with Gasteiger partial charge in [0.15, 0.2) is 6.61 Å². The molecule has 0 atom stereocenters. The van der Waals surface area contributed by atoms with Gasteiger partial charge in [-0.3, -0.25) is 9.59 Å². The van der Waals surface area contributed by atoms with Crippen LogP contribution in [0.1, 0.15) is 23.7 Å². The molecule has 0 spiro atoms. The maximum absolute atomic E-state index is 11.4. The largest absolute Gasteiger partial charge is 0.484 e. The van der Waals surface area contributed by atoms with Gasteiger partial charge in [0.25, 0.3) is 5.91 Å². The third-order valence-electron chi connectivity index (χ3n) is 2.26. The molecule has 0 bridgehead atoms. The minimum atomic E-state index is -0.171. The average Bonchev–Trinajstić information content (AvgIpc) is 2.36. The predicted octanol–water partition coefficient (Wildman–Crippen LogP) is 1.96. The molecule has 0 aliphatic carbocycles. The van der Waals surface area contributed by atoms with Crippen molar-refractivity contribution in [2.75, 3.05) is 13.2 Å². The van der Waals surface area contributed by atoms with Gasteiger partial charge in [-0.2, -0.15) is 0 Å². The molecule has 96 valence electrons. The highest BCUT2D eigenvalue weighted by Gasteiger charge is 2.02. The Morgan fingerprint density at radius 1 is 1.39 bits per heavy atom. The summed E-state index contributed by atoms with van der Waals surface area (Å²) in [7, 11) is 0. The molecule has 4 heteroatoms. The number of ether oxygens (including phenoxy) is 1.